The Morgan fingerprint density at radius 1 is 1.14 bits per heavy atom. The standard InChI is InChI=1S/C26H28BrNO5S2/c1-6-32-23(29)7-8-28-25(30)22(35-26(28)34)13-18-11-20(27)24(21(12-18)31-5)33-14-19-10-16(3)15(2)9-17(19)4/h9-13H,6-8,14H2,1-5H3/b22-13+. The first-order valence-electron chi connectivity index (χ1n) is 11.1. The molecule has 0 aliphatic carbocycles. The highest BCUT2D eigenvalue weighted by Gasteiger charge is 2.32. The van der Waals surface area contributed by atoms with Gasteiger partial charge >= 0.3 is 5.97 Å². The molecule has 2 aromatic rings. The largest absolute Gasteiger partial charge is 0.493 e. The lowest BCUT2D eigenvalue weighted by molar-refractivity contribution is -0.143. The van der Waals surface area contributed by atoms with E-state index >= 15 is 0 Å². The van der Waals surface area contributed by atoms with E-state index in [2.05, 4.69) is 48.8 Å². The topological polar surface area (TPSA) is 65.1 Å². The van der Waals surface area contributed by atoms with Crippen LogP contribution in [0, 0.1) is 20.8 Å². The normalized spacial score (nSPS) is 14.6. The Morgan fingerprint density at radius 2 is 1.86 bits per heavy atom. The molecule has 0 unspecified atom stereocenters. The molecule has 1 heterocycles. The summed E-state index contributed by atoms with van der Waals surface area (Å²) < 4.78 is 17.8. The van der Waals surface area contributed by atoms with Gasteiger partial charge in [0.1, 0.15) is 10.9 Å². The fraction of sp³-hybridized carbons (Fsp3) is 0.346. The maximum absolute atomic E-state index is 12.9. The van der Waals surface area contributed by atoms with Crippen molar-refractivity contribution in [2.75, 3.05) is 20.3 Å². The van der Waals surface area contributed by atoms with Crippen LogP contribution in [0.15, 0.2) is 33.6 Å². The van der Waals surface area contributed by atoms with Crippen LogP contribution in [0.4, 0.5) is 0 Å². The van der Waals surface area contributed by atoms with E-state index in [9.17, 15) is 9.59 Å². The van der Waals surface area contributed by atoms with Crippen molar-refractivity contribution in [3.63, 3.8) is 0 Å². The monoisotopic (exact) mass is 577 g/mol. The summed E-state index contributed by atoms with van der Waals surface area (Å²) in [6, 6.07) is 7.99. The number of thioether (sulfide) groups is 1. The molecule has 35 heavy (non-hydrogen) atoms. The van der Waals surface area contributed by atoms with Gasteiger partial charge in [0.05, 0.1) is 29.5 Å². The average Bonchev–Trinajstić information content (AvgIpc) is 3.06. The molecule has 0 radical (unpaired) electrons. The van der Waals surface area contributed by atoms with Crippen molar-refractivity contribution in [1.82, 2.24) is 4.90 Å². The zero-order chi connectivity index (χ0) is 25.7. The Hall–Kier alpha value is -2.36. The number of ether oxygens (including phenoxy) is 3. The third-order valence-corrected chi connectivity index (χ3v) is 7.56. The highest BCUT2D eigenvalue weighted by atomic mass is 79.9. The summed E-state index contributed by atoms with van der Waals surface area (Å²) >= 11 is 10.1. The second-order valence-electron chi connectivity index (χ2n) is 8.07. The molecule has 9 heteroatoms. The van der Waals surface area contributed by atoms with Crippen molar-refractivity contribution in [3.05, 3.63) is 61.5 Å². The molecule has 0 aromatic heterocycles. The van der Waals surface area contributed by atoms with Crippen LogP contribution < -0.4 is 9.47 Å². The van der Waals surface area contributed by atoms with Gasteiger partial charge in [-0.15, -0.1) is 0 Å². The van der Waals surface area contributed by atoms with Gasteiger partial charge in [0, 0.05) is 6.54 Å². The van der Waals surface area contributed by atoms with E-state index in [0.717, 1.165) is 11.1 Å². The van der Waals surface area contributed by atoms with Gasteiger partial charge in [0.15, 0.2) is 11.5 Å². The van der Waals surface area contributed by atoms with Crippen molar-refractivity contribution in [2.45, 2.75) is 40.7 Å². The average molecular weight is 579 g/mol. The molecular weight excluding hydrogens is 550 g/mol. The van der Waals surface area contributed by atoms with Crippen molar-refractivity contribution in [1.29, 1.82) is 0 Å². The smallest absolute Gasteiger partial charge is 0.307 e. The van der Waals surface area contributed by atoms with Gasteiger partial charge in [0.25, 0.3) is 5.91 Å². The van der Waals surface area contributed by atoms with Crippen LogP contribution in [0.25, 0.3) is 6.08 Å². The SMILES string of the molecule is CCOC(=O)CCN1C(=O)/C(=C\c2cc(Br)c(OCc3cc(C)c(C)cc3C)c(OC)c2)SC1=S. The molecule has 1 aliphatic heterocycles. The summed E-state index contributed by atoms with van der Waals surface area (Å²) in [5, 5.41) is 0. The minimum atomic E-state index is -0.356. The van der Waals surface area contributed by atoms with Crippen LogP contribution in [0.2, 0.25) is 0 Å². The van der Waals surface area contributed by atoms with Gasteiger partial charge in [-0.3, -0.25) is 14.5 Å². The van der Waals surface area contributed by atoms with Gasteiger partial charge in [-0.1, -0.05) is 36.1 Å². The molecule has 0 atom stereocenters. The summed E-state index contributed by atoms with van der Waals surface area (Å²) in [7, 11) is 1.58. The van der Waals surface area contributed by atoms with E-state index in [-0.39, 0.29) is 24.8 Å². The van der Waals surface area contributed by atoms with Gasteiger partial charge in [-0.25, -0.2) is 0 Å². The van der Waals surface area contributed by atoms with Gasteiger partial charge < -0.3 is 14.2 Å². The highest BCUT2D eigenvalue weighted by Crippen LogP contribution is 2.39. The summed E-state index contributed by atoms with van der Waals surface area (Å²) in [5.74, 6) is 0.546. The molecule has 2 aromatic carbocycles. The Balaban J connectivity index is 1.77. The lowest BCUT2D eigenvalue weighted by atomic mass is 10.0. The van der Waals surface area contributed by atoms with Crippen LogP contribution >= 0.6 is 39.9 Å². The van der Waals surface area contributed by atoms with Crippen molar-refractivity contribution in [2.24, 2.45) is 0 Å². The number of rotatable bonds is 9. The zero-order valence-corrected chi connectivity index (χ0v) is 23.6. The number of hydrogen-bond acceptors (Lipinski definition) is 7. The van der Waals surface area contributed by atoms with Gasteiger partial charge in [-0.2, -0.15) is 0 Å². The predicted octanol–water partition coefficient (Wildman–Crippen LogP) is 6.12. The predicted molar refractivity (Wildman–Crippen MR) is 147 cm³/mol. The van der Waals surface area contributed by atoms with E-state index in [1.165, 1.54) is 33.4 Å². The second-order valence-corrected chi connectivity index (χ2v) is 10.6. The molecule has 186 valence electrons. The maximum Gasteiger partial charge on any atom is 0.307 e. The first kappa shape index (κ1) is 27.2. The quantitative estimate of drug-likeness (QED) is 0.202. The maximum atomic E-state index is 12.9. The number of hydrogen-bond donors (Lipinski definition) is 0. The molecule has 0 spiro atoms. The van der Waals surface area contributed by atoms with E-state index < -0.39 is 0 Å². The first-order valence-corrected chi connectivity index (χ1v) is 13.1. The van der Waals surface area contributed by atoms with E-state index in [4.69, 9.17) is 26.4 Å². The fourth-order valence-electron chi connectivity index (χ4n) is 3.57. The molecule has 6 nitrogen and oxygen atoms in total. The number of aryl methyl sites for hydroxylation is 3. The molecule has 1 fully saturated rings. The highest BCUT2D eigenvalue weighted by molar-refractivity contribution is 9.10. The minimum Gasteiger partial charge on any atom is -0.493 e. The number of esters is 1. The number of benzene rings is 2. The number of carbonyl (C=O) groups excluding carboxylic acids is 2. The summed E-state index contributed by atoms with van der Waals surface area (Å²) in [6.45, 7) is 8.90. The lowest BCUT2D eigenvalue weighted by Crippen LogP contribution is -2.30. The van der Waals surface area contributed by atoms with E-state index in [1.807, 2.05) is 12.1 Å². The molecule has 0 bridgehead atoms. The van der Waals surface area contributed by atoms with Crippen molar-refractivity contribution >= 4 is 62.2 Å². The summed E-state index contributed by atoms with van der Waals surface area (Å²) in [5.41, 5.74) is 5.51. The van der Waals surface area contributed by atoms with Crippen LogP contribution in [0.3, 0.4) is 0 Å². The second kappa shape index (κ2) is 12.1. The Morgan fingerprint density at radius 3 is 2.54 bits per heavy atom. The van der Waals surface area contributed by atoms with Gasteiger partial charge in [0.2, 0.25) is 0 Å². The Kier molecular flexibility index (Phi) is 9.38. The third kappa shape index (κ3) is 6.65. The molecule has 0 N–H and O–H groups in total. The number of amides is 1. The number of thiocarbonyl (C=S) groups is 1. The number of nitrogens with zero attached hydrogens (tertiary/aromatic N) is 1. The molecule has 1 aliphatic rings. The third-order valence-electron chi connectivity index (χ3n) is 5.59. The fourth-order valence-corrected chi connectivity index (χ4v) is 5.45. The van der Waals surface area contributed by atoms with Gasteiger partial charge in [-0.05, 0) is 89.7 Å². The molecule has 0 saturated carbocycles. The first-order chi connectivity index (χ1) is 16.6. The zero-order valence-electron chi connectivity index (χ0n) is 20.4. The van der Waals surface area contributed by atoms with Crippen LogP contribution in [0.1, 0.15) is 41.2 Å². The van der Waals surface area contributed by atoms with Crippen LogP contribution in [-0.4, -0.2) is 41.4 Å². The molecule has 1 amide bonds. The Labute approximate surface area is 224 Å². The Bertz CT molecular complexity index is 1190. The van der Waals surface area contributed by atoms with Crippen molar-refractivity contribution < 1.29 is 23.8 Å². The molecule has 1 saturated heterocycles. The lowest BCUT2D eigenvalue weighted by Gasteiger charge is -2.16. The van der Waals surface area contributed by atoms with E-state index in [0.29, 0.717) is 38.4 Å². The molecular formula is C26H28BrNO5S2. The van der Waals surface area contributed by atoms with E-state index in [1.54, 1.807) is 20.1 Å². The number of methoxy groups -OCH3 is 1. The van der Waals surface area contributed by atoms with Crippen molar-refractivity contribution in [3.8, 4) is 11.5 Å². The summed E-state index contributed by atoms with van der Waals surface area (Å²) in [4.78, 5) is 26.4. The number of carbonyl (C=O) groups is 2. The molecule has 3 rings (SSSR count). The van der Waals surface area contributed by atoms with Crippen LogP contribution in [0.5, 0.6) is 11.5 Å². The number of halogens is 1. The van der Waals surface area contributed by atoms with Crippen LogP contribution in [-0.2, 0) is 20.9 Å². The summed E-state index contributed by atoms with van der Waals surface area (Å²) in [6.07, 6.45) is 1.85. The minimum absolute atomic E-state index is 0.0962.